The molecule has 1 heterocycles. The summed E-state index contributed by atoms with van der Waals surface area (Å²) in [5.41, 5.74) is 9.71. The molecule has 2 N–H and O–H groups in total. The van der Waals surface area contributed by atoms with Crippen LogP contribution in [0.15, 0.2) is 24.3 Å². The van der Waals surface area contributed by atoms with E-state index in [-0.39, 0.29) is 6.04 Å². The molecule has 1 aliphatic carbocycles. The third-order valence-electron chi connectivity index (χ3n) is 2.86. The van der Waals surface area contributed by atoms with E-state index in [1.165, 1.54) is 26.7 Å². The molecule has 82 valence electrons. The first kappa shape index (κ1) is 10.00. The van der Waals surface area contributed by atoms with E-state index in [9.17, 15) is 0 Å². The predicted molar refractivity (Wildman–Crippen MR) is 67.7 cm³/mol. The van der Waals surface area contributed by atoms with Gasteiger partial charge in [0, 0.05) is 29.3 Å². The summed E-state index contributed by atoms with van der Waals surface area (Å²) in [5.74, 6) is 0. The molecule has 16 heavy (non-hydrogen) atoms. The van der Waals surface area contributed by atoms with Crippen LogP contribution in [0.1, 0.15) is 22.4 Å². The zero-order chi connectivity index (χ0) is 11.1. The predicted octanol–water partition coefficient (Wildman–Crippen LogP) is 2.60. The van der Waals surface area contributed by atoms with E-state index in [1.807, 2.05) is 18.3 Å². The fourth-order valence-corrected chi connectivity index (χ4v) is 3.42. The van der Waals surface area contributed by atoms with Gasteiger partial charge < -0.3 is 5.73 Å². The van der Waals surface area contributed by atoms with Crippen molar-refractivity contribution in [3.8, 4) is 11.3 Å². The molecule has 0 aliphatic heterocycles. The zero-order valence-corrected chi connectivity index (χ0v) is 10.1. The largest absolute Gasteiger partial charge is 0.328 e. The van der Waals surface area contributed by atoms with Gasteiger partial charge in [-0.25, -0.2) is 4.98 Å². The Morgan fingerprint density at radius 1 is 1.44 bits per heavy atom. The van der Waals surface area contributed by atoms with Crippen LogP contribution in [-0.2, 0) is 12.8 Å². The quantitative estimate of drug-likeness (QED) is 0.735. The lowest BCUT2D eigenvalue weighted by molar-refractivity contribution is 0.734. The van der Waals surface area contributed by atoms with Crippen molar-refractivity contribution < 1.29 is 0 Å². The van der Waals surface area contributed by atoms with Gasteiger partial charge in [-0.2, -0.15) is 0 Å². The summed E-state index contributed by atoms with van der Waals surface area (Å²) < 4.78 is 0. The molecular weight excluding hydrogens is 216 g/mol. The Kier molecular flexibility index (Phi) is 2.30. The summed E-state index contributed by atoms with van der Waals surface area (Å²) >= 11 is 1.82. The normalized spacial score (nSPS) is 14.6. The molecule has 0 radical (unpaired) electrons. The Morgan fingerprint density at radius 2 is 2.25 bits per heavy atom. The number of thiazole rings is 1. The third kappa shape index (κ3) is 1.56. The topological polar surface area (TPSA) is 38.9 Å². The first-order chi connectivity index (χ1) is 7.74. The summed E-state index contributed by atoms with van der Waals surface area (Å²) in [6, 6.07) is 8.73. The summed E-state index contributed by atoms with van der Waals surface area (Å²) in [5, 5.41) is 1.18. The minimum absolute atomic E-state index is 0.196. The number of hydrogen-bond donors (Lipinski definition) is 1. The van der Waals surface area contributed by atoms with Crippen molar-refractivity contribution in [3.63, 3.8) is 0 Å². The van der Waals surface area contributed by atoms with Gasteiger partial charge >= 0.3 is 0 Å². The molecule has 1 unspecified atom stereocenters. The van der Waals surface area contributed by atoms with Crippen LogP contribution in [0.3, 0.4) is 0 Å². The van der Waals surface area contributed by atoms with Gasteiger partial charge in [-0.05, 0) is 12.5 Å². The molecule has 0 saturated heterocycles. The molecule has 0 spiro atoms. The number of nitrogens with two attached hydrogens (primary N) is 1. The van der Waals surface area contributed by atoms with Crippen LogP contribution in [0, 0.1) is 0 Å². The Morgan fingerprint density at radius 3 is 3.06 bits per heavy atom. The maximum atomic E-state index is 5.80. The molecule has 0 fully saturated rings. The van der Waals surface area contributed by atoms with Crippen LogP contribution in [-0.4, -0.2) is 11.0 Å². The van der Waals surface area contributed by atoms with E-state index in [0.29, 0.717) is 0 Å². The second-order valence-corrected chi connectivity index (χ2v) is 5.56. The first-order valence-electron chi connectivity index (χ1n) is 5.56. The minimum atomic E-state index is 0.196. The maximum Gasteiger partial charge on any atom is 0.0950 e. The van der Waals surface area contributed by atoms with E-state index in [4.69, 9.17) is 10.7 Å². The molecule has 0 bridgehead atoms. The van der Waals surface area contributed by atoms with Crippen molar-refractivity contribution in [2.24, 2.45) is 5.73 Å². The van der Waals surface area contributed by atoms with Gasteiger partial charge in [-0.15, -0.1) is 11.3 Å². The second kappa shape index (κ2) is 3.68. The van der Waals surface area contributed by atoms with Gasteiger partial charge in [0.05, 0.1) is 10.7 Å². The average Bonchev–Trinajstić information content (AvgIpc) is 2.73. The summed E-state index contributed by atoms with van der Waals surface area (Å²) in [7, 11) is 0. The van der Waals surface area contributed by atoms with E-state index in [2.05, 4.69) is 24.3 Å². The lowest BCUT2D eigenvalue weighted by Gasteiger charge is -2.01. The van der Waals surface area contributed by atoms with Crippen LogP contribution in [0.25, 0.3) is 11.3 Å². The van der Waals surface area contributed by atoms with E-state index >= 15 is 0 Å². The average molecular weight is 230 g/mol. The summed E-state index contributed by atoms with van der Waals surface area (Å²) in [6.07, 6.45) is 1.93. The molecule has 0 amide bonds. The molecule has 1 aromatic heterocycles. The number of hydrogen-bond acceptors (Lipinski definition) is 3. The number of benzene rings is 1. The highest BCUT2D eigenvalue weighted by atomic mass is 32.1. The Hall–Kier alpha value is -1.19. The highest BCUT2D eigenvalue weighted by Crippen LogP contribution is 2.39. The van der Waals surface area contributed by atoms with E-state index in [0.717, 1.165) is 12.8 Å². The van der Waals surface area contributed by atoms with Crippen molar-refractivity contribution in [3.05, 3.63) is 39.7 Å². The van der Waals surface area contributed by atoms with Gasteiger partial charge in [0.2, 0.25) is 0 Å². The van der Waals surface area contributed by atoms with E-state index < -0.39 is 0 Å². The van der Waals surface area contributed by atoms with Crippen LogP contribution < -0.4 is 5.73 Å². The number of fused-ring (bicyclic) bond motifs is 3. The lowest BCUT2D eigenvalue weighted by Crippen LogP contribution is -2.17. The number of aromatic nitrogens is 1. The van der Waals surface area contributed by atoms with Crippen LogP contribution in [0.4, 0.5) is 0 Å². The standard InChI is InChI=1S/C13H14N2S/c1-8(14)6-12-15-13-10-5-3-2-4-9(10)7-11(13)16-12/h2-5,8H,6-7,14H2,1H3. The SMILES string of the molecule is CC(N)Cc1nc2c(s1)Cc1ccccc1-2. The molecule has 0 saturated carbocycles. The Bertz CT molecular complexity index is 528. The van der Waals surface area contributed by atoms with Crippen molar-refractivity contribution >= 4 is 11.3 Å². The highest BCUT2D eigenvalue weighted by molar-refractivity contribution is 7.12. The molecule has 2 nitrogen and oxygen atoms in total. The summed E-state index contributed by atoms with van der Waals surface area (Å²) in [4.78, 5) is 6.11. The first-order valence-corrected chi connectivity index (χ1v) is 6.38. The lowest BCUT2D eigenvalue weighted by atomic mass is 10.1. The van der Waals surface area contributed by atoms with Gasteiger partial charge in [-0.3, -0.25) is 0 Å². The van der Waals surface area contributed by atoms with E-state index in [1.54, 1.807) is 0 Å². The van der Waals surface area contributed by atoms with Crippen molar-refractivity contribution in [1.82, 2.24) is 4.98 Å². The Balaban J connectivity index is 2.01. The van der Waals surface area contributed by atoms with Crippen molar-refractivity contribution in [2.75, 3.05) is 0 Å². The number of nitrogens with zero attached hydrogens (tertiary/aromatic N) is 1. The molecule has 3 heteroatoms. The minimum Gasteiger partial charge on any atom is -0.328 e. The van der Waals surface area contributed by atoms with Crippen molar-refractivity contribution in [1.29, 1.82) is 0 Å². The van der Waals surface area contributed by atoms with Crippen LogP contribution in [0.5, 0.6) is 0 Å². The second-order valence-electron chi connectivity index (χ2n) is 4.39. The van der Waals surface area contributed by atoms with Gasteiger partial charge in [0.15, 0.2) is 0 Å². The fraction of sp³-hybridized carbons (Fsp3) is 0.308. The molecule has 3 rings (SSSR count). The van der Waals surface area contributed by atoms with Gasteiger partial charge in [-0.1, -0.05) is 24.3 Å². The van der Waals surface area contributed by atoms with Crippen LogP contribution in [0.2, 0.25) is 0 Å². The monoisotopic (exact) mass is 230 g/mol. The molecule has 2 aromatic rings. The molecule has 1 aromatic carbocycles. The van der Waals surface area contributed by atoms with Gasteiger partial charge in [0.1, 0.15) is 0 Å². The fourth-order valence-electron chi connectivity index (χ4n) is 2.17. The van der Waals surface area contributed by atoms with Gasteiger partial charge in [0.25, 0.3) is 0 Å². The molecule has 1 aliphatic rings. The smallest absolute Gasteiger partial charge is 0.0950 e. The molecular formula is C13H14N2S. The zero-order valence-electron chi connectivity index (χ0n) is 9.23. The third-order valence-corrected chi connectivity index (χ3v) is 3.94. The summed E-state index contributed by atoms with van der Waals surface area (Å²) in [6.45, 7) is 2.03. The van der Waals surface area contributed by atoms with Crippen molar-refractivity contribution in [2.45, 2.75) is 25.8 Å². The Labute approximate surface area is 99.1 Å². The maximum absolute atomic E-state index is 5.80. The highest BCUT2D eigenvalue weighted by Gasteiger charge is 2.22. The number of rotatable bonds is 2. The molecule has 1 atom stereocenters. The van der Waals surface area contributed by atoms with Crippen LogP contribution >= 0.6 is 11.3 Å².